The van der Waals surface area contributed by atoms with Gasteiger partial charge in [-0.2, -0.15) is 5.26 Å². The number of benzene rings is 2. The van der Waals surface area contributed by atoms with Gasteiger partial charge in [-0.25, -0.2) is 0 Å². The molecule has 0 bridgehead atoms. The number of aromatic amines is 1. The maximum absolute atomic E-state index is 11.6. The number of nitrogens with one attached hydrogen (secondary N) is 1. The van der Waals surface area contributed by atoms with E-state index >= 15 is 0 Å². The van der Waals surface area contributed by atoms with Gasteiger partial charge in [0, 0.05) is 38.3 Å². The Balaban J connectivity index is 0.000000160. The van der Waals surface area contributed by atoms with Gasteiger partial charge >= 0.3 is 0 Å². The van der Waals surface area contributed by atoms with Crippen LogP contribution in [0.3, 0.4) is 0 Å². The number of hydrogen-bond acceptors (Lipinski definition) is 5. The van der Waals surface area contributed by atoms with Crippen molar-refractivity contribution >= 4 is 34.9 Å². The number of fused-ring (bicyclic) bond motifs is 1. The zero-order chi connectivity index (χ0) is 16.1. The lowest BCUT2D eigenvalue weighted by Crippen LogP contribution is -1.89. The van der Waals surface area contributed by atoms with Crippen LogP contribution in [0.25, 0.3) is 10.9 Å². The quantitative estimate of drug-likeness (QED) is 0.408. The molecule has 7 heteroatoms. The second-order valence-electron chi connectivity index (χ2n) is 4.42. The Kier molecular flexibility index (Phi) is 4.76. The van der Waals surface area contributed by atoms with Crippen molar-refractivity contribution in [3.05, 3.63) is 48.2 Å². The normalized spacial score (nSPS) is 9.68. The SMILES string of the molecule is N#Cc1ccc(N)c(OF)c1.Nc1ccc2c(S)c[nH]c2c1. The molecule has 0 saturated carbocycles. The number of aromatic nitrogens is 1. The van der Waals surface area contributed by atoms with Crippen molar-refractivity contribution in [1.82, 2.24) is 4.98 Å². The minimum atomic E-state index is -0.121. The Hall–Kier alpha value is -2.85. The number of halogens is 1. The first-order valence-corrected chi connectivity index (χ1v) is 6.63. The highest BCUT2D eigenvalue weighted by atomic mass is 32.1. The van der Waals surface area contributed by atoms with Crippen LogP contribution in [-0.2, 0) is 0 Å². The van der Waals surface area contributed by atoms with Gasteiger partial charge in [0.05, 0.1) is 17.3 Å². The maximum atomic E-state index is 11.6. The van der Waals surface area contributed by atoms with Crippen LogP contribution < -0.4 is 16.4 Å². The lowest BCUT2D eigenvalue weighted by molar-refractivity contribution is -0.00524. The number of nitriles is 1. The molecule has 0 aliphatic rings. The van der Waals surface area contributed by atoms with Crippen molar-refractivity contribution in [2.24, 2.45) is 0 Å². The fraction of sp³-hybridized carbons (Fsp3) is 0. The predicted octanol–water partition coefficient (Wildman–Crippen LogP) is 3.44. The summed E-state index contributed by atoms with van der Waals surface area (Å²) in [6.45, 7) is 0. The Morgan fingerprint density at radius 2 is 1.95 bits per heavy atom. The zero-order valence-electron chi connectivity index (χ0n) is 11.4. The van der Waals surface area contributed by atoms with E-state index in [0.717, 1.165) is 21.5 Å². The van der Waals surface area contributed by atoms with Gasteiger partial charge < -0.3 is 16.5 Å². The average molecular weight is 316 g/mol. The number of rotatable bonds is 1. The smallest absolute Gasteiger partial charge is 0.196 e. The lowest BCUT2D eigenvalue weighted by atomic mass is 10.2. The molecule has 2 aromatic carbocycles. The van der Waals surface area contributed by atoms with E-state index in [-0.39, 0.29) is 11.4 Å². The molecule has 0 spiro atoms. The van der Waals surface area contributed by atoms with Crippen molar-refractivity contribution < 1.29 is 9.47 Å². The van der Waals surface area contributed by atoms with E-state index in [9.17, 15) is 4.53 Å². The van der Waals surface area contributed by atoms with Gasteiger partial charge in [-0.1, -0.05) is 0 Å². The summed E-state index contributed by atoms with van der Waals surface area (Å²) in [4.78, 5) is 7.44. The first-order chi connectivity index (χ1) is 10.5. The average Bonchev–Trinajstić information content (AvgIpc) is 2.89. The Morgan fingerprint density at radius 3 is 2.64 bits per heavy atom. The lowest BCUT2D eigenvalue weighted by Gasteiger charge is -1.97. The molecule has 0 amide bonds. The molecular formula is C15H13FN4OS. The number of H-pyrrole nitrogens is 1. The predicted molar refractivity (Wildman–Crippen MR) is 87.3 cm³/mol. The summed E-state index contributed by atoms with van der Waals surface area (Å²) >= 11 is 4.26. The third-order valence-corrected chi connectivity index (χ3v) is 3.28. The Bertz CT molecular complexity index is 841. The molecule has 0 radical (unpaired) electrons. The van der Waals surface area contributed by atoms with Gasteiger partial charge in [0.25, 0.3) is 0 Å². The first-order valence-electron chi connectivity index (χ1n) is 6.19. The monoisotopic (exact) mass is 316 g/mol. The summed E-state index contributed by atoms with van der Waals surface area (Å²) in [5.41, 5.74) is 13.2. The van der Waals surface area contributed by atoms with E-state index in [0.29, 0.717) is 5.56 Å². The van der Waals surface area contributed by atoms with Crippen LogP contribution in [0, 0.1) is 11.3 Å². The number of nitrogens with two attached hydrogens (primary N) is 2. The second-order valence-corrected chi connectivity index (χ2v) is 4.90. The van der Waals surface area contributed by atoms with Gasteiger partial charge in [-0.05, 0) is 30.3 Å². The van der Waals surface area contributed by atoms with Crippen LogP contribution in [0.1, 0.15) is 5.56 Å². The summed E-state index contributed by atoms with van der Waals surface area (Å²) < 4.78 is 11.6. The fourth-order valence-corrected chi connectivity index (χ4v) is 2.06. The van der Waals surface area contributed by atoms with Crippen LogP contribution in [0.15, 0.2) is 47.5 Å². The largest absolute Gasteiger partial charge is 0.399 e. The van der Waals surface area contributed by atoms with E-state index in [1.165, 1.54) is 18.2 Å². The fourth-order valence-electron chi connectivity index (χ4n) is 1.80. The van der Waals surface area contributed by atoms with E-state index < -0.39 is 0 Å². The zero-order valence-corrected chi connectivity index (χ0v) is 12.3. The van der Waals surface area contributed by atoms with Crippen LogP contribution in [0.2, 0.25) is 0 Å². The maximum Gasteiger partial charge on any atom is 0.196 e. The highest BCUT2D eigenvalue weighted by Gasteiger charge is 2.01. The van der Waals surface area contributed by atoms with E-state index in [1.807, 2.05) is 30.5 Å². The van der Waals surface area contributed by atoms with E-state index in [2.05, 4.69) is 22.6 Å². The van der Waals surface area contributed by atoms with Gasteiger partial charge in [-0.15, -0.1) is 12.6 Å². The Morgan fingerprint density at radius 1 is 1.18 bits per heavy atom. The summed E-state index contributed by atoms with van der Waals surface area (Å²) in [6, 6.07) is 11.7. The van der Waals surface area contributed by atoms with Gasteiger partial charge in [-0.3, -0.25) is 4.94 Å². The molecule has 22 heavy (non-hydrogen) atoms. The third-order valence-electron chi connectivity index (χ3n) is 2.91. The minimum absolute atomic E-state index is 0.121. The second kappa shape index (κ2) is 6.74. The molecule has 3 aromatic rings. The molecule has 5 N–H and O–H groups in total. The molecule has 0 saturated heterocycles. The summed E-state index contributed by atoms with van der Waals surface area (Å²) in [5.74, 6) is -0.121. The molecule has 0 aliphatic carbocycles. The highest BCUT2D eigenvalue weighted by molar-refractivity contribution is 7.80. The molecule has 1 heterocycles. The van der Waals surface area contributed by atoms with Crippen molar-refractivity contribution in [3.8, 4) is 11.8 Å². The van der Waals surface area contributed by atoms with Gasteiger partial charge in [0.15, 0.2) is 5.75 Å². The van der Waals surface area contributed by atoms with Crippen molar-refractivity contribution in [1.29, 1.82) is 5.26 Å². The van der Waals surface area contributed by atoms with Crippen LogP contribution in [-0.4, -0.2) is 4.98 Å². The summed E-state index contributed by atoms with van der Waals surface area (Å²) in [5, 5.41) is 9.49. The summed E-state index contributed by atoms with van der Waals surface area (Å²) in [7, 11) is 0. The molecule has 112 valence electrons. The molecular weight excluding hydrogens is 303 g/mol. The Labute approximate surface area is 131 Å². The van der Waals surface area contributed by atoms with E-state index in [1.54, 1.807) is 0 Å². The number of nitrogen functional groups attached to an aromatic ring is 2. The molecule has 0 aliphatic heterocycles. The molecule has 5 nitrogen and oxygen atoms in total. The van der Waals surface area contributed by atoms with Crippen LogP contribution in [0.4, 0.5) is 15.9 Å². The first kappa shape index (κ1) is 15.5. The summed E-state index contributed by atoms with van der Waals surface area (Å²) in [6.07, 6.45) is 1.85. The molecule has 1 aromatic heterocycles. The number of nitrogens with zero attached hydrogens (tertiary/aromatic N) is 1. The van der Waals surface area contributed by atoms with Gasteiger partial charge in [0.1, 0.15) is 0 Å². The van der Waals surface area contributed by atoms with Crippen molar-refractivity contribution in [2.75, 3.05) is 11.5 Å². The third kappa shape index (κ3) is 3.42. The molecule has 0 fully saturated rings. The number of thiol groups is 1. The van der Waals surface area contributed by atoms with Crippen molar-refractivity contribution in [2.45, 2.75) is 4.90 Å². The van der Waals surface area contributed by atoms with Gasteiger partial charge in [0.2, 0.25) is 0 Å². The van der Waals surface area contributed by atoms with E-state index in [4.69, 9.17) is 16.7 Å². The van der Waals surface area contributed by atoms with Crippen LogP contribution in [0.5, 0.6) is 5.75 Å². The molecule has 0 unspecified atom stereocenters. The minimum Gasteiger partial charge on any atom is -0.399 e. The molecule has 3 rings (SSSR count). The van der Waals surface area contributed by atoms with Crippen molar-refractivity contribution in [3.63, 3.8) is 0 Å². The number of hydrogen-bond donors (Lipinski definition) is 4. The molecule has 0 atom stereocenters. The topological polar surface area (TPSA) is 101 Å². The number of anilines is 2. The highest BCUT2D eigenvalue weighted by Crippen LogP contribution is 2.23. The van der Waals surface area contributed by atoms with Crippen LogP contribution >= 0.6 is 12.6 Å². The standard InChI is InChI=1S/C8H8N2S.C7H5FN2O/c9-5-1-2-6-7(3-5)10-4-8(6)11;8-11-7-3-5(4-9)1-2-6(7)10/h1-4,10-11H,9H2;1-3H,10H2.